The molecule has 0 saturated carbocycles. The number of piperidine rings is 1. The topological polar surface area (TPSA) is 45.2 Å². The minimum atomic E-state index is 0.0492. The lowest BCUT2D eigenvalue weighted by Gasteiger charge is -2.23. The third-order valence-electron chi connectivity index (χ3n) is 4.39. The first-order valence-corrected chi connectivity index (χ1v) is 9.17. The second-order valence-electron chi connectivity index (χ2n) is 5.84. The predicted octanol–water partition coefficient (Wildman–Crippen LogP) is 2.73. The summed E-state index contributed by atoms with van der Waals surface area (Å²) in [6, 6.07) is 8.15. The number of nitrogens with one attached hydrogen (secondary N) is 1. The third kappa shape index (κ3) is 2.91. The van der Waals surface area contributed by atoms with Gasteiger partial charge < -0.3 is 10.2 Å². The Balaban J connectivity index is 1.38. The molecule has 1 N–H and O–H groups in total. The fourth-order valence-electron chi connectivity index (χ4n) is 3.24. The Bertz CT molecular complexity index is 657. The lowest BCUT2D eigenvalue weighted by Crippen LogP contribution is -2.43. The summed E-state index contributed by atoms with van der Waals surface area (Å²) in [4.78, 5) is 20.0. The molecule has 2 bridgehead atoms. The van der Waals surface area contributed by atoms with Crippen molar-refractivity contribution >= 4 is 29.0 Å². The second kappa shape index (κ2) is 6.02. The highest BCUT2D eigenvalue weighted by Gasteiger charge is 2.38. The monoisotopic (exact) mass is 331 g/mol. The van der Waals surface area contributed by atoms with Crippen molar-refractivity contribution < 1.29 is 4.79 Å². The SMILES string of the molecule is O=C(NC1CN2CCC1C2)c1ccc(Sc2cncs2)cc1. The molecular weight excluding hydrogens is 314 g/mol. The van der Waals surface area contributed by atoms with Gasteiger partial charge in [-0.3, -0.25) is 9.78 Å². The molecule has 2 aliphatic heterocycles. The highest BCUT2D eigenvalue weighted by atomic mass is 32.2. The molecule has 0 radical (unpaired) electrons. The first-order chi connectivity index (χ1) is 10.8. The number of fused-ring (bicyclic) bond motifs is 2. The molecule has 6 heteroatoms. The third-order valence-corrected chi connectivity index (χ3v) is 6.31. The van der Waals surface area contributed by atoms with Gasteiger partial charge in [-0.25, -0.2) is 0 Å². The molecule has 3 heterocycles. The Morgan fingerprint density at radius 2 is 2.18 bits per heavy atom. The van der Waals surface area contributed by atoms with Gasteiger partial charge in [0, 0.05) is 29.6 Å². The van der Waals surface area contributed by atoms with Gasteiger partial charge in [0.15, 0.2) is 0 Å². The Hall–Kier alpha value is -1.37. The number of hydrogen-bond donors (Lipinski definition) is 1. The largest absolute Gasteiger partial charge is 0.348 e. The summed E-state index contributed by atoms with van der Waals surface area (Å²) in [5, 5.41) is 3.20. The van der Waals surface area contributed by atoms with Gasteiger partial charge in [0.2, 0.25) is 0 Å². The zero-order chi connectivity index (χ0) is 14.9. The van der Waals surface area contributed by atoms with Crippen LogP contribution in [0, 0.1) is 5.92 Å². The Morgan fingerprint density at radius 1 is 1.32 bits per heavy atom. The van der Waals surface area contributed by atoms with Crippen LogP contribution in [0.5, 0.6) is 0 Å². The van der Waals surface area contributed by atoms with Crippen LogP contribution in [-0.4, -0.2) is 41.5 Å². The molecule has 0 aliphatic carbocycles. The smallest absolute Gasteiger partial charge is 0.251 e. The minimum Gasteiger partial charge on any atom is -0.348 e. The molecule has 4 rings (SSSR count). The molecule has 114 valence electrons. The van der Waals surface area contributed by atoms with Crippen LogP contribution in [0.3, 0.4) is 0 Å². The summed E-state index contributed by atoms with van der Waals surface area (Å²) >= 11 is 3.30. The summed E-state index contributed by atoms with van der Waals surface area (Å²) < 4.78 is 1.16. The van der Waals surface area contributed by atoms with E-state index in [-0.39, 0.29) is 5.91 Å². The molecule has 2 aromatic rings. The van der Waals surface area contributed by atoms with Crippen molar-refractivity contribution in [3.05, 3.63) is 41.5 Å². The zero-order valence-corrected chi connectivity index (χ0v) is 13.7. The van der Waals surface area contributed by atoms with Crippen LogP contribution in [-0.2, 0) is 0 Å². The van der Waals surface area contributed by atoms with Crippen molar-refractivity contribution in [2.45, 2.75) is 21.6 Å². The average molecular weight is 331 g/mol. The summed E-state index contributed by atoms with van der Waals surface area (Å²) in [7, 11) is 0. The highest BCUT2D eigenvalue weighted by molar-refractivity contribution is 8.01. The number of carbonyl (C=O) groups excluding carboxylic acids is 1. The molecule has 2 fully saturated rings. The summed E-state index contributed by atoms with van der Waals surface area (Å²) in [6.45, 7) is 3.35. The van der Waals surface area contributed by atoms with Gasteiger partial charge in [-0.15, -0.1) is 11.3 Å². The van der Waals surface area contributed by atoms with Crippen LogP contribution in [0.25, 0.3) is 0 Å². The molecule has 3 unspecified atom stereocenters. The van der Waals surface area contributed by atoms with E-state index in [2.05, 4.69) is 15.2 Å². The number of hydrogen-bond acceptors (Lipinski definition) is 5. The first-order valence-electron chi connectivity index (χ1n) is 7.47. The van der Waals surface area contributed by atoms with E-state index in [1.165, 1.54) is 13.0 Å². The van der Waals surface area contributed by atoms with Gasteiger partial charge in [0.25, 0.3) is 5.91 Å². The molecule has 0 spiro atoms. The Kier molecular flexibility index (Phi) is 3.90. The Labute approximate surface area is 137 Å². The van der Waals surface area contributed by atoms with Crippen LogP contribution in [0.4, 0.5) is 0 Å². The molecule has 4 nitrogen and oxygen atoms in total. The molecule has 22 heavy (non-hydrogen) atoms. The van der Waals surface area contributed by atoms with Crippen LogP contribution in [0.15, 0.2) is 45.1 Å². The van der Waals surface area contributed by atoms with Crippen molar-refractivity contribution in [3.63, 3.8) is 0 Å². The van der Waals surface area contributed by atoms with Crippen molar-refractivity contribution in [2.75, 3.05) is 19.6 Å². The fourth-order valence-corrected chi connectivity index (χ4v) is 4.82. The molecular formula is C16H17N3OS2. The van der Waals surface area contributed by atoms with Crippen LogP contribution in [0.2, 0.25) is 0 Å². The van der Waals surface area contributed by atoms with Crippen LogP contribution >= 0.6 is 23.1 Å². The Morgan fingerprint density at radius 3 is 2.82 bits per heavy atom. The number of nitrogens with zero attached hydrogens (tertiary/aromatic N) is 2. The molecule has 2 saturated heterocycles. The number of thiazole rings is 1. The maximum Gasteiger partial charge on any atom is 0.251 e. The van der Waals surface area contributed by atoms with Crippen molar-refractivity contribution in [3.8, 4) is 0 Å². The number of benzene rings is 1. The van der Waals surface area contributed by atoms with Gasteiger partial charge in [-0.05, 0) is 43.1 Å². The van der Waals surface area contributed by atoms with Gasteiger partial charge in [0.05, 0.1) is 15.9 Å². The van der Waals surface area contributed by atoms with Gasteiger partial charge >= 0.3 is 0 Å². The molecule has 1 aromatic heterocycles. The fraction of sp³-hybridized carbons (Fsp3) is 0.375. The first kappa shape index (κ1) is 14.2. The van der Waals surface area contributed by atoms with Crippen LogP contribution < -0.4 is 5.32 Å². The van der Waals surface area contributed by atoms with E-state index in [1.807, 2.05) is 36.0 Å². The highest BCUT2D eigenvalue weighted by Crippen LogP contribution is 2.30. The summed E-state index contributed by atoms with van der Waals surface area (Å²) in [6.07, 6.45) is 3.08. The van der Waals surface area contributed by atoms with Gasteiger partial charge in [0.1, 0.15) is 0 Å². The molecule has 1 amide bonds. The normalized spacial score (nSPS) is 26.3. The quantitative estimate of drug-likeness (QED) is 0.936. The predicted molar refractivity (Wildman–Crippen MR) is 88.5 cm³/mol. The number of aromatic nitrogens is 1. The molecule has 1 aromatic carbocycles. The van der Waals surface area contributed by atoms with E-state index in [4.69, 9.17) is 0 Å². The van der Waals surface area contributed by atoms with E-state index in [1.54, 1.807) is 23.1 Å². The maximum atomic E-state index is 12.4. The van der Waals surface area contributed by atoms with E-state index >= 15 is 0 Å². The lowest BCUT2D eigenvalue weighted by atomic mass is 9.99. The average Bonchev–Trinajstić information content (AvgIpc) is 3.25. The van der Waals surface area contributed by atoms with E-state index in [0.717, 1.165) is 27.8 Å². The number of carbonyl (C=O) groups is 1. The van der Waals surface area contributed by atoms with Crippen molar-refractivity contribution in [1.29, 1.82) is 0 Å². The summed E-state index contributed by atoms with van der Waals surface area (Å²) in [5.74, 6) is 0.693. The molecule has 2 aliphatic rings. The van der Waals surface area contributed by atoms with Gasteiger partial charge in [-0.1, -0.05) is 11.8 Å². The lowest BCUT2D eigenvalue weighted by molar-refractivity contribution is 0.0924. The zero-order valence-electron chi connectivity index (χ0n) is 12.1. The second-order valence-corrected chi connectivity index (χ2v) is 8.10. The van der Waals surface area contributed by atoms with Crippen LogP contribution in [0.1, 0.15) is 16.8 Å². The molecule has 3 atom stereocenters. The van der Waals surface area contributed by atoms with E-state index in [0.29, 0.717) is 12.0 Å². The number of amides is 1. The number of rotatable bonds is 4. The van der Waals surface area contributed by atoms with E-state index in [9.17, 15) is 4.79 Å². The summed E-state index contributed by atoms with van der Waals surface area (Å²) in [5.41, 5.74) is 2.57. The van der Waals surface area contributed by atoms with Gasteiger partial charge in [-0.2, -0.15) is 0 Å². The van der Waals surface area contributed by atoms with E-state index < -0.39 is 0 Å². The van der Waals surface area contributed by atoms with Crippen molar-refractivity contribution in [1.82, 2.24) is 15.2 Å². The maximum absolute atomic E-state index is 12.4. The van der Waals surface area contributed by atoms with Crippen molar-refractivity contribution in [2.24, 2.45) is 5.92 Å². The minimum absolute atomic E-state index is 0.0492. The standard InChI is InChI=1S/C16H17N3OS2/c20-16(18-14-9-19-6-5-12(14)8-19)11-1-3-13(4-2-11)22-15-7-17-10-21-15/h1-4,7,10,12,14H,5-6,8-9H2,(H,18,20).